The summed E-state index contributed by atoms with van der Waals surface area (Å²) < 4.78 is 13.7. The van der Waals surface area contributed by atoms with Crippen LogP contribution in [-0.2, 0) is 6.54 Å². The maximum absolute atomic E-state index is 13.7. The van der Waals surface area contributed by atoms with E-state index in [1.54, 1.807) is 18.2 Å². The van der Waals surface area contributed by atoms with Gasteiger partial charge in [0, 0.05) is 10.6 Å². The molecule has 6 heteroatoms. The van der Waals surface area contributed by atoms with Gasteiger partial charge in [-0.3, -0.25) is 0 Å². The zero-order valence-electron chi connectivity index (χ0n) is 13.3. The third-order valence-corrected chi connectivity index (χ3v) is 4.81. The van der Waals surface area contributed by atoms with Crippen LogP contribution in [0.1, 0.15) is 5.56 Å². The van der Waals surface area contributed by atoms with E-state index < -0.39 is 0 Å². The predicted molar refractivity (Wildman–Crippen MR) is 100 cm³/mol. The molecule has 3 nitrogen and oxygen atoms in total. The van der Waals surface area contributed by atoms with E-state index in [0.717, 1.165) is 37.7 Å². The zero-order chi connectivity index (χ0) is 16.9. The van der Waals surface area contributed by atoms with Gasteiger partial charge < -0.3 is 15.1 Å². The molecule has 126 valence electrons. The fourth-order valence-corrected chi connectivity index (χ4v) is 3.40. The van der Waals surface area contributed by atoms with Crippen molar-refractivity contribution in [2.45, 2.75) is 6.54 Å². The molecule has 0 aromatic heterocycles. The summed E-state index contributed by atoms with van der Waals surface area (Å²) in [6, 6.07) is 14.6. The Balaban J connectivity index is 1.51. The molecule has 0 bridgehead atoms. The van der Waals surface area contributed by atoms with E-state index in [0.29, 0.717) is 10.8 Å². The van der Waals surface area contributed by atoms with Gasteiger partial charge in [-0.1, -0.05) is 35.9 Å². The Bertz CT molecular complexity index is 717. The fourth-order valence-electron chi connectivity index (χ4n) is 2.90. The second-order valence-corrected chi connectivity index (χ2v) is 6.78. The molecule has 1 aliphatic heterocycles. The molecule has 0 unspecified atom stereocenters. The average Bonchev–Trinajstić information content (AvgIpc) is 2.57. The van der Waals surface area contributed by atoms with Crippen LogP contribution in [0.4, 0.5) is 10.1 Å². The van der Waals surface area contributed by atoms with Gasteiger partial charge in [-0.15, -0.1) is 0 Å². The lowest BCUT2D eigenvalue weighted by molar-refractivity contribution is -0.917. The van der Waals surface area contributed by atoms with E-state index in [1.165, 1.54) is 16.5 Å². The summed E-state index contributed by atoms with van der Waals surface area (Å²) in [4.78, 5) is 3.60. The Morgan fingerprint density at radius 2 is 1.92 bits per heavy atom. The largest absolute Gasteiger partial charge is 0.338 e. The molecule has 3 rings (SSSR count). The van der Waals surface area contributed by atoms with Crippen molar-refractivity contribution in [3.8, 4) is 0 Å². The van der Waals surface area contributed by atoms with E-state index in [1.807, 2.05) is 18.2 Å². The molecule has 1 fully saturated rings. The number of nitrogens with one attached hydrogen (secondary N) is 2. The Labute approximate surface area is 152 Å². The van der Waals surface area contributed by atoms with Gasteiger partial charge in [0.05, 0.1) is 31.9 Å². The van der Waals surface area contributed by atoms with Gasteiger partial charge in [-0.05, 0) is 36.5 Å². The van der Waals surface area contributed by atoms with E-state index in [9.17, 15) is 4.39 Å². The van der Waals surface area contributed by atoms with Gasteiger partial charge >= 0.3 is 0 Å². The van der Waals surface area contributed by atoms with Crippen LogP contribution in [0.25, 0.3) is 0 Å². The molecule has 1 aliphatic rings. The van der Waals surface area contributed by atoms with Crippen LogP contribution in [0.15, 0.2) is 48.5 Å². The second-order valence-electron chi connectivity index (χ2n) is 5.95. The van der Waals surface area contributed by atoms with Gasteiger partial charge in [0.25, 0.3) is 0 Å². The molecule has 1 heterocycles. The van der Waals surface area contributed by atoms with Gasteiger partial charge in [-0.25, -0.2) is 4.39 Å². The van der Waals surface area contributed by atoms with Gasteiger partial charge in [0.2, 0.25) is 0 Å². The maximum atomic E-state index is 13.7. The number of benzene rings is 2. The number of halogens is 2. The molecule has 0 radical (unpaired) electrons. The smallest absolute Gasteiger partial charge is 0.173 e. The maximum Gasteiger partial charge on any atom is 0.173 e. The lowest BCUT2D eigenvalue weighted by atomic mass is 10.2. The Hall–Kier alpha value is -1.69. The Morgan fingerprint density at radius 1 is 1.17 bits per heavy atom. The molecule has 2 aromatic carbocycles. The standard InChI is InChI=1S/C18H19ClFN3S/c19-15-5-3-4-14(12-15)13-22-8-10-23(11-9-22)18(24)21-17-7-2-1-6-16(17)20/h1-7,12H,8-11,13H2,(H,21,24)/p+1. The third kappa shape index (κ3) is 4.44. The molecule has 0 spiro atoms. The highest BCUT2D eigenvalue weighted by Crippen LogP contribution is 2.13. The van der Waals surface area contributed by atoms with Crippen molar-refractivity contribution in [2.24, 2.45) is 0 Å². The molecule has 0 amide bonds. The number of rotatable bonds is 3. The number of hydrogen-bond donors (Lipinski definition) is 2. The Kier molecular flexibility index (Phi) is 5.66. The molecule has 2 aromatic rings. The van der Waals surface area contributed by atoms with Crippen LogP contribution in [0.2, 0.25) is 5.02 Å². The predicted octanol–water partition coefficient (Wildman–Crippen LogP) is 2.58. The number of piperazine rings is 1. The molecule has 2 N–H and O–H groups in total. The summed E-state index contributed by atoms with van der Waals surface area (Å²) in [5.41, 5.74) is 1.68. The second kappa shape index (κ2) is 7.92. The van der Waals surface area contributed by atoms with Crippen LogP contribution in [0, 0.1) is 5.82 Å². The molecule has 0 aliphatic carbocycles. The lowest BCUT2D eigenvalue weighted by Crippen LogP contribution is -3.13. The van der Waals surface area contributed by atoms with Gasteiger partial charge in [0.15, 0.2) is 5.11 Å². The average molecular weight is 365 g/mol. The summed E-state index contributed by atoms with van der Waals surface area (Å²) in [5.74, 6) is -0.287. The fraction of sp³-hybridized carbons (Fsp3) is 0.278. The SMILES string of the molecule is Fc1ccccc1NC(=S)N1CC[NH+](Cc2cccc(Cl)c2)CC1. The molecule has 0 atom stereocenters. The normalized spacial score (nSPS) is 15.3. The van der Waals surface area contributed by atoms with Crippen LogP contribution in [0.3, 0.4) is 0 Å². The first-order chi connectivity index (χ1) is 11.6. The van der Waals surface area contributed by atoms with Crippen LogP contribution >= 0.6 is 23.8 Å². The van der Waals surface area contributed by atoms with Crippen LogP contribution in [-0.4, -0.2) is 36.2 Å². The van der Waals surface area contributed by atoms with Crippen molar-refractivity contribution in [2.75, 3.05) is 31.5 Å². The third-order valence-electron chi connectivity index (χ3n) is 4.22. The van der Waals surface area contributed by atoms with E-state index in [2.05, 4.69) is 16.3 Å². The first kappa shape index (κ1) is 17.1. The highest BCUT2D eigenvalue weighted by molar-refractivity contribution is 7.80. The minimum atomic E-state index is -0.287. The first-order valence-corrected chi connectivity index (χ1v) is 8.79. The molecule has 1 saturated heterocycles. The topological polar surface area (TPSA) is 19.7 Å². The van der Waals surface area contributed by atoms with Gasteiger partial charge in [-0.2, -0.15) is 0 Å². The van der Waals surface area contributed by atoms with Crippen molar-refractivity contribution in [1.29, 1.82) is 0 Å². The summed E-state index contributed by atoms with van der Waals surface area (Å²) in [6.07, 6.45) is 0. The monoisotopic (exact) mass is 364 g/mol. The van der Waals surface area contributed by atoms with E-state index in [4.69, 9.17) is 23.8 Å². The number of quaternary nitrogens is 1. The first-order valence-electron chi connectivity index (χ1n) is 8.00. The quantitative estimate of drug-likeness (QED) is 0.817. The minimum absolute atomic E-state index is 0.287. The van der Waals surface area contributed by atoms with Crippen molar-refractivity contribution >= 4 is 34.6 Å². The highest BCUT2D eigenvalue weighted by atomic mass is 35.5. The lowest BCUT2D eigenvalue weighted by Gasteiger charge is -2.34. The summed E-state index contributed by atoms with van der Waals surface area (Å²) >= 11 is 11.5. The van der Waals surface area contributed by atoms with E-state index in [-0.39, 0.29) is 5.82 Å². The van der Waals surface area contributed by atoms with Crippen LogP contribution < -0.4 is 10.2 Å². The summed E-state index contributed by atoms with van der Waals surface area (Å²) in [6.45, 7) is 4.66. The minimum Gasteiger partial charge on any atom is -0.338 e. The summed E-state index contributed by atoms with van der Waals surface area (Å²) in [5, 5.41) is 4.37. The highest BCUT2D eigenvalue weighted by Gasteiger charge is 2.22. The van der Waals surface area contributed by atoms with Crippen molar-refractivity contribution < 1.29 is 9.29 Å². The molecule has 0 saturated carbocycles. The molecular weight excluding hydrogens is 345 g/mol. The number of hydrogen-bond acceptors (Lipinski definition) is 1. The van der Waals surface area contributed by atoms with Crippen molar-refractivity contribution in [3.63, 3.8) is 0 Å². The number of para-hydroxylation sites is 1. The Morgan fingerprint density at radius 3 is 2.62 bits per heavy atom. The van der Waals surface area contributed by atoms with Crippen LogP contribution in [0.5, 0.6) is 0 Å². The number of anilines is 1. The number of thiocarbonyl (C=S) groups is 1. The molecular formula is C18H20ClFN3S+. The van der Waals surface area contributed by atoms with E-state index >= 15 is 0 Å². The van der Waals surface area contributed by atoms with Crippen molar-refractivity contribution in [3.05, 3.63) is 64.9 Å². The summed E-state index contributed by atoms with van der Waals surface area (Å²) in [7, 11) is 0. The molecule has 24 heavy (non-hydrogen) atoms. The van der Waals surface area contributed by atoms with Crippen molar-refractivity contribution in [1.82, 2.24) is 4.90 Å². The van der Waals surface area contributed by atoms with Gasteiger partial charge in [0.1, 0.15) is 12.4 Å². The number of nitrogens with zero attached hydrogens (tertiary/aromatic N) is 1. The zero-order valence-corrected chi connectivity index (χ0v) is 14.8.